The van der Waals surface area contributed by atoms with Crippen LogP contribution in [0.15, 0.2) is 11.6 Å². The molecule has 4 heteroatoms. The van der Waals surface area contributed by atoms with Crippen molar-refractivity contribution in [3.63, 3.8) is 0 Å². The fraction of sp³-hybridized carbons (Fsp3) is 0.625. The lowest BCUT2D eigenvalue weighted by molar-refractivity contribution is -0.0936. The van der Waals surface area contributed by atoms with E-state index < -0.39 is 11.7 Å². The first-order valence-corrected chi connectivity index (χ1v) is 4.81. The molecule has 0 unspecified atom stereocenters. The van der Waals surface area contributed by atoms with E-state index in [9.17, 15) is 13.2 Å². The van der Waals surface area contributed by atoms with Crippen LogP contribution in [0.25, 0.3) is 0 Å². The van der Waals surface area contributed by atoms with Crippen LogP contribution in [0.4, 0.5) is 13.2 Å². The molecule has 0 heterocycles. The highest BCUT2D eigenvalue weighted by Gasteiger charge is 2.31. The highest BCUT2D eigenvalue weighted by atomic mass is 32.2. The highest BCUT2D eigenvalue weighted by Crippen LogP contribution is 2.28. The van der Waals surface area contributed by atoms with E-state index in [1.165, 1.54) is 24.8 Å². The predicted octanol–water partition coefficient (Wildman–Crippen LogP) is 3.45. The maximum atomic E-state index is 12.1. The van der Waals surface area contributed by atoms with Gasteiger partial charge < -0.3 is 0 Å². The van der Waals surface area contributed by atoms with Crippen molar-refractivity contribution < 1.29 is 13.2 Å². The first-order chi connectivity index (χ1) is 5.52. The van der Waals surface area contributed by atoms with E-state index in [4.69, 9.17) is 0 Å². The van der Waals surface area contributed by atoms with Gasteiger partial charge in [0.05, 0.1) is 0 Å². The Hall–Kier alpha value is -0.120. The van der Waals surface area contributed by atoms with Gasteiger partial charge in [0.1, 0.15) is 0 Å². The maximum Gasteiger partial charge on any atom is 0.412 e. The van der Waals surface area contributed by atoms with E-state index in [2.05, 4.69) is 6.92 Å². The van der Waals surface area contributed by atoms with Crippen LogP contribution in [0.2, 0.25) is 0 Å². The van der Waals surface area contributed by atoms with Gasteiger partial charge in [0.2, 0.25) is 0 Å². The summed E-state index contributed by atoms with van der Waals surface area (Å²) in [6, 6.07) is 0. The Bertz CT molecular complexity index is 149. The molecule has 0 aliphatic rings. The Kier molecular flexibility index (Phi) is 5.46. The van der Waals surface area contributed by atoms with Crippen molar-refractivity contribution in [1.29, 1.82) is 0 Å². The SMILES string of the molecule is [CH2]CSCC=C(CC)C(F)(F)F. The Morgan fingerprint density at radius 1 is 1.50 bits per heavy atom. The molecule has 0 rings (SSSR count). The molecule has 12 heavy (non-hydrogen) atoms. The van der Waals surface area contributed by atoms with Gasteiger partial charge >= 0.3 is 6.18 Å². The third-order valence-electron chi connectivity index (χ3n) is 1.34. The Morgan fingerprint density at radius 2 is 2.08 bits per heavy atom. The lowest BCUT2D eigenvalue weighted by Gasteiger charge is -2.08. The van der Waals surface area contributed by atoms with Crippen molar-refractivity contribution in [2.45, 2.75) is 19.5 Å². The van der Waals surface area contributed by atoms with Crippen molar-refractivity contribution in [2.24, 2.45) is 0 Å². The highest BCUT2D eigenvalue weighted by molar-refractivity contribution is 7.99. The summed E-state index contributed by atoms with van der Waals surface area (Å²) >= 11 is 1.38. The topological polar surface area (TPSA) is 0 Å². The average molecular weight is 197 g/mol. The lowest BCUT2D eigenvalue weighted by Crippen LogP contribution is -2.11. The summed E-state index contributed by atoms with van der Waals surface area (Å²) in [5, 5.41) is 0. The van der Waals surface area contributed by atoms with Crippen molar-refractivity contribution in [3.8, 4) is 0 Å². The van der Waals surface area contributed by atoms with Gasteiger partial charge in [-0.15, -0.1) is 0 Å². The molecule has 71 valence electrons. The molecule has 0 bridgehead atoms. The van der Waals surface area contributed by atoms with E-state index in [0.29, 0.717) is 11.5 Å². The average Bonchev–Trinajstić information content (AvgIpc) is 1.95. The van der Waals surface area contributed by atoms with Gasteiger partial charge in [-0.3, -0.25) is 0 Å². The van der Waals surface area contributed by atoms with Gasteiger partial charge in [-0.1, -0.05) is 13.0 Å². The number of alkyl halides is 3. The second-order valence-corrected chi connectivity index (χ2v) is 3.31. The summed E-state index contributed by atoms with van der Waals surface area (Å²) in [5.41, 5.74) is -0.441. The number of thioether (sulfide) groups is 1. The van der Waals surface area contributed by atoms with Crippen LogP contribution in [0, 0.1) is 6.92 Å². The van der Waals surface area contributed by atoms with Crippen molar-refractivity contribution in [2.75, 3.05) is 11.5 Å². The maximum absolute atomic E-state index is 12.1. The van der Waals surface area contributed by atoms with Crippen molar-refractivity contribution in [1.82, 2.24) is 0 Å². The molecule has 1 radical (unpaired) electrons. The summed E-state index contributed by atoms with van der Waals surface area (Å²) < 4.78 is 36.2. The second-order valence-electron chi connectivity index (χ2n) is 2.16. The summed E-state index contributed by atoms with van der Waals surface area (Å²) in [7, 11) is 0. The molecule has 0 aliphatic carbocycles. The minimum atomic E-state index is -4.16. The summed E-state index contributed by atoms with van der Waals surface area (Å²) in [6.45, 7) is 5.03. The number of halogens is 3. The summed E-state index contributed by atoms with van der Waals surface area (Å²) in [4.78, 5) is 0. The van der Waals surface area contributed by atoms with Crippen LogP contribution >= 0.6 is 11.8 Å². The quantitative estimate of drug-likeness (QED) is 0.491. The molecule has 0 spiro atoms. The number of rotatable bonds is 4. The zero-order valence-corrected chi connectivity index (χ0v) is 7.76. The van der Waals surface area contributed by atoms with Crippen molar-refractivity contribution >= 4 is 11.8 Å². The zero-order valence-electron chi connectivity index (χ0n) is 6.95. The summed E-state index contributed by atoms with van der Waals surface area (Å²) in [5.74, 6) is 0.998. The van der Waals surface area contributed by atoms with Gasteiger partial charge in [0, 0.05) is 11.3 Å². The molecule has 0 saturated carbocycles. The Labute approximate surface area is 75.2 Å². The van der Waals surface area contributed by atoms with Crippen LogP contribution in [0.1, 0.15) is 13.3 Å². The monoisotopic (exact) mass is 197 g/mol. The number of hydrogen-bond donors (Lipinski definition) is 0. The minimum absolute atomic E-state index is 0.0429. The molecule has 0 amide bonds. The first kappa shape index (κ1) is 11.9. The van der Waals surface area contributed by atoms with Gasteiger partial charge in [0.25, 0.3) is 0 Å². The molecule has 0 saturated heterocycles. The van der Waals surface area contributed by atoms with E-state index in [0.717, 1.165) is 0 Å². The van der Waals surface area contributed by atoms with Crippen LogP contribution < -0.4 is 0 Å². The second kappa shape index (κ2) is 5.51. The fourth-order valence-electron chi connectivity index (χ4n) is 0.703. The third kappa shape index (κ3) is 4.70. The molecule has 0 nitrogen and oxygen atoms in total. The molecular weight excluding hydrogens is 185 g/mol. The smallest absolute Gasteiger partial charge is 0.166 e. The van der Waals surface area contributed by atoms with Gasteiger partial charge in [-0.25, -0.2) is 0 Å². The summed E-state index contributed by atoms with van der Waals surface area (Å²) in [6.07, 6.45) is -2.88. The molecule has 0 aliphatic heterocycles. The standard InChI is InChI=1S/C8H12F3S/c1-3-7(8(9,10)11)5-6-12-4-2/h5H,2-4,6H2,1H3. The molecule has 0 aromatic rings. The molecule has 0 atom stereocenters. The third-order valence-corrected chi connectivity index (χ3v) is 2.03. The van der Waals surface area contributed by atoms with Crippen LogP contribution in [-0.4, -0.2) is 17.7 Å². The van der Waals surface area contributed by atoms with Gasteiger partial charge in [0.15, 0.2) is 0 Å². The first-order valence-electron chi connectivity index (χ1n) is 3.65. The van der Waals surface area contributed by atoms with Gasteiger partial charge in [-0.2, -0.15) is 24.9 Å². The Morgan fingerprint density at radius 3 is 2.42 bits per heavy atom. The number of hydrogen-bond acceptors (Lipinski definition) is 1. The Balaban J connectivity index is 4.05. The number of allylic oxidation sites excluding steroid dienone is 1. The molecule has 0 aromatic carbocycles. The fourth-order valence-corrected chi connectivity index (χ4v) is 1.19. The van der Waals surface area contributed by atoms with E-state index in [1.807, 2.05) is 0 Å². The van der Waals surface area contributed by atoms with Crippen molar-refractivity contribution in [3.05, 3.63) is 18.6 Å². The zero-order chi connectivity index (χ0) is 9.61. The predicted molar refractivity (Wildman–Crippen MR) is 47.1 cm³/mol. The molecular formula is C8H12F3S. The lowest BCUT2D eigenvalue weighted by atomic mass is 10.2. The van der Waals surface area contributed by atoms with E-state index in [-0.39, 0.29) is 6.42 Å². The van der Waals surface area contributed by atoms with Crippen LogP contribution in [0.5, 0.6) is 0 Å². The van der Waals surface area contributed by atoms with E-state index >= 15 is 0 Å². The molecule has 0 fully saturated rings. The minimum Gasteiger partial charge on any atom is -0.166 e. The molecule has 0 N–H and O–H groups in total. The normalized spacial score (nSPS) is 13.6. The largest absolute Gasteiger partial charge is 0.412 e. The van der Waals surface area contributed by atoms with Gasteiger partial charge in [-0.05, 0) is 19.1 Å². The van der Waals surface area contributed by atoms with E-state index in [1.54, 1.807) is 0 Å². The van der Waals surface area contributed by atoms with Crippen LogP contribution in [0.3, 0.4) is 0 Å². The molecule has 0 aromatic heterocycles. The van der Waals surface area contributed by atoms with Crippen LogP contribution in [-0.2, 0) is 0 Å².